The van der Waals surface area contributed by atoms with E-state index in [2.05, 4.69) is 95.5 Å². The molecule has 2 aromatic heterocycles. The van der Waals surface area contributed by atoms with E-state index in [1.54, 1.807) is 99.4 Å². The molecule has 712 valence electrons. The number of H-pyrrole nitrogens is 1. The van der Waals surface area contributed by atoms with Crippen molar-refractivity contribution in [3.63, 3.8) is 0 Å². The van der Waals surface area contributed by atoms with Gasteiger partial charge in [-0.15, -0.1) is 5.10 Å². The van der Waals surface area contributed by atoms with E-state index in [1.807, 2.05) is 13.8 Å². The average molecular weight is 1810 g/mol. The minimum Gasteiger partial charge on any atom is -0.508 e. The van der Waals surface area contributed by atoms with Crippen molar-refractivity contribution in [1.29, 1.82) is 0 Å². The second-order valence-electron chi connectivity index (χ2n) is 35.2. The van der Waals surface area contributed by atoms with Crippen molar-refractivity contribution in [3.05, 3.63) is 114 Å². The molecule has 1 aliphatic heterocycles. The minimum absolute atomic E-state index is 0.00919. The summed E-state index contributed by atoms with van der Waals surface area (Å²) in [5.74, 6) is -16.7. The fourth-order valence-corrected chi connectivity index (χ4v) is 14.6. The number of phenolic OH excluding ortho intramolecular Hbond substituents is 1. The van der Waals surface area contributed by atoms with Crippen LogP contribution in [0.3, 0.4) is 0 Å². The fourth-order valence-electron chi connectivity index (χ4n) is 14.6. The first-order valence-electron chi connectivity index (χ1n) is 44.3. The summed E-state index contributed by atoms with van der Waals surface area (Å²) in [6.07, 6.45) is 2.24. The number of hydrogen-bond donors (Lipinski definition) is 20. The SMILES string of the molecule is CC[C@H](C)[C@H](NN[C@H](C)C(N)=O)C(=O)C(=O)C(C)NC(=O)[C@H](C)NC(=O)[C@]1(C)CCCc2cn(nn2)CCCCCCC(C)(NC(=O)[C@H](Cc2ccccc2)NC(=O)[C@@H](NC(=O)[C@H](CC(C)C)NC(C)=O)[C@@H](C)O)C(=O)NC(C)C(=O)N[C@@H](Cc2ccc(O)cc2)C(=O)N[C@@H](Cc2c[nH]c3ccccc23)C(=O)NC(C)C(=O)C(=O)[C@H](CCC(N)=O)NN[C@@H](CC(C)C)C(=O)N1. The average Bonchev–Trinajstić information content (AvgIpc) is 0.978. The lowest BCUT2D eigenvalue weighted by Gasteiger charge is -2.33. The molecule has 3 aromatic carbocycles. The number of aliphatic hydroxyl groups excluding tert-OH is 1. The molecule has 22 N–H and O–H groups in total. The number of benzene rings is 3. The van der Waals surface area contributed by atoms with E-state index in [9.17, 15) is 67.7 Å². The number of amides is 13. The topological polar surface area (TPSA) is 610 Å². The Morgan fingerprint density at radius 1 is 0.585 bits per heavy atom. The van der Waals surface area contributed by atoms with Crippen molar-refractivity contribution in [3.8, 4) is 5.75 Å². The van der Waals surface area contributed by atoms with Crippen LogP contribution in [-0.4, -0.2) is 226 Å². The maximum atomic E-state index is 15.3. The Bertz CT molecular complexity index is 4770. The number of primary amides is 2. The molecule has 40 nitrogen and oxygen atoms in total. The molecule has 0 fully saturated rings. The molecule has 13 amide bonds. The Balaban J connectivity index is 1.40. The summed E-state index contributed by atoms with van der Waals surface area (Å²) in [5, 5.41) is 60.1. The monoisotopic (exact) mass is 1810 g/mol. The molecule has 4 unspecified atom stereocenters. The van der Waals surface area contributed by atoms with Gasteiger partial charge < -0.3 is 85.1 Å². The number of aromatic amines is 1. The van der Waals surface area contributed by atoms with E-state index in [1.165, 1.54) is 86.6 Å². The number of rotatable bonds is 34. The molecule has 0 radical (unpaired) electrons. The second kappa shape index (κ2) is 50.6. The summed E-state index contributed by atoms with van der Waals surface area (Å²) < 4.78 is 1.59. The van der Waals surface area contributed by atoms with Crippen molar-refractivity contribution in [1.82, 2.24) is 100 Å². The Morgan fingerprint density at radius 3 is 1.86 bits per heavy atom. The van der Waals surface area contributed by atoms with Crippen LogP contribution in [0.15, 0.2) is 91.3 Å². The molecule has 40 heteroatoms. The number of para-hydroxylation sites is 1. The van der Waals surface area contributed by atoms with E-state index >= 15 is 24.0 Å². The number of Topliss-reactive ketones (excluding diaryl/α,β-unsaturated/α-hetero) is 4. The molecule has 6 rings (SSSR count). The first kappa shape index (κ1) is 107. The zero-order valence-corrected chi connectivity index (χ0v) is 76.8. The number of aryl methyl sites for hydroxylation is 2. The third kappa shape index (κ3) is 33.0. The van der Waals surface area contributed by atoms with Crippen molar-refractivity contribution in [2.24, 2.45) is 29.2 Å². The number of fused-ring (bicyclic) bond motifs is 3. The van der Waals surface area contributed by atoms with Gasteiger partial charge in [-0.3, -0.25) is 86.2 Å². The Labute approximate surface area is 756 Å². The molecular formula is C90H133N21O19. The summed E-state index contributed by atoms with van der Waals surface area (Å²) in [5.41, 5.74) is 20.6. The van der Waals surface area contributed by atoms with Gasteiger partial charge in [-0.05, 0) is 159 Å². The maximum absolute atomic E-state index is 15.3. The number of aliphatic hydroxyl groups is 1. The summed E-state index contributed by atoms with van der Waals surface area (Å²) in [4.78, 5) is 245. The number of carbonyl (C=O) groups is 17. The van der Waals surface area contributed by atoms with Gasteiger partial charge in [0.05, 0.1) is 42.0 Å². The van der Waals surface area contributed by atoms with Crippen LogP contribution >= 0.6 is 0 Å². The molecule has 0 aliphatic carbocycles. The molecule has 0 spiro atoms. The largest absolute Gasteiger partial charge is 0.508 e. The van der Waals surface area contributed by atoms with Crippen LogP contribution in [0.5, 0.6) is 5.75 Å². The molecule has 1 aliphatic rings. The van der Waals surface area contributed by atoms with Crippen molar-refractivity contribution >= 4 is 111 Å². The summed E-state index contributed by atoms with van der Waals surface area (Å²) in [6, 6.07) is 2.43. The first-order chi connectivity index (χ1) is 61.2. The number of hydrazine groups is 2. The zero-order valence-electron chi connectivity index (χ0n) is 76.8. The standard InChI is InChI=1S/C90H133N21O19/c1-16-50(6)72(109-105-53(9)78(92)120)77(119)75(117)52(8)94-79(121)54(10)96-88(130)90(15)39-26-29-61-47-111(110-106-61)40-25-18-17-24-38-89(14,103-84(126)68(43-58-27-20-19-21-28-58)101-86(128)73(56(12)112)102-83(125)66(41-48(2)3)98-57(13)113)87(129)97-55(11)80(122)99-67(44-59-32-34-62(114)35-33-59)82(124)100-69(45-60-46-93-64-31-23-22-30-63(60)64)81(123)95-51(7)74(116)76(118)65(36-37-71(91)115)107-108-70(42-49(4)5)85(127)104-90/h19-23,27-28,30-35,46-56,65-70,72-73,93,105,107-109,112,114H,16-18,24-26,29,36-45H2,1-15H3,(H2,91,115)(H2,92,120)(H,94,121)(H,95,123)(H,96,130)(H,97,129)(H,98,113)(H,99,122)(H,100,124)(H,101,128)(H,102,125)(H,103,126)(H,104,127)/t50-,51?,52?,53+,54-,55?,56+,65-,66-,67-,68-,69-,70-,72-,73-,89?,90-/m0/s1. The molecule has 0 saturated heterocycles. The Morgan fingerprint density at radius 2 is 1.22 bits per heavy atom. The predicted octanol–water partition coefficient (Wildman–Crippen LogP) is -0.0786. The fraction of sp³-hybridized carbons (Fsp3) is 0.567. The molecule has 17 atom stereocenters. The zero-order chi connectivity index (χ0) is 96.6. The van der Waals surface area contributed by atoms with E-state index in [-0.39, 0.29) is 81.8 Å². The third-order valence-electron chi connectivity index (χ3n) is 22.7. The number of phenols is 1. The van der Waals surface area contributed by atoms with Crippen LogP contribution in [0.1, 0.15) is 203 Å². The van der Waals surface area contributed by atoms with Gasteiger partial charge in [0.25, 0.3) is 0 Å². The van der Waals surface area contributed by atoms with Crippen molar-refractivity contribution in [2.45, 2.75) is 309 Å². The summed E-state index contributed by atoms with van der Waals surface area (Å²) >= 11 is 0. The number of aromatic nitrogens is 4. The van der Waals surface area contributed by atoms with Gasteiger partial charge >= 0.3 is 0 Å². The number of aromatic hydroxyl groups is 1. The van der Waals surface area contributed by atoms with Gasteiger partial charge in [0.2, 0.25) is 99.9 Å². The minimum atomic E-state index is -1.94. The smallest absolute Gasteiger partial charge is 0.246 e. The molecule has 130 heavy (non-hydrogen) atoms. The van der Waals surface area contributed by atoms with E-state index in [0.29, 0.717) is 65.5 Å². The number of nitrogens with zero attached hydrogens (tertiary/aromatic N) is 3. The lowest BCUT2D eigenvalue weighted by molar-refractivity contribution is -0.141. The lowest BCUT2D eigenvalue weighted by Crippen LogP contribution is -2.65. The van der Waals surface area contributed by atoms with Crippen molar-refractivity contribution < 1.29 is 91.7 Å². The second-order valence-corrected chi connectivity index (χ2v) is 35.2. The van der Waals surface area contributed by atoms with Crippen LogP contribution < -0.4 is 91.7 Å². The lowest BCUT2D eigenvalue weighted by atomic mass is 9.91. The quantitative estimate of drug-likeness (QED) is 0.0189. The molecular weight excluding hydrogens is 1680 g/mol. The van der Waals surface area contributed by atoms with Crippen molar-refractivity contribution in [2.75, 3.05) is 0 Å². The van der Waals surface area contributed by atoms with Gasteiger partial charge in [-0.25, -0.2) is 21.7 Å². The van der Waals surface area contributed by atoms with Crippen LogP contribution in [0.2, 0.25) is 0 Å². The number of nitrogens with one attached hydrogen (secondary N) is 16. The number of nitrogens with two attached hydrogens (primary N) is 2. The van der Waals surface area contributed by atoms with Gasteiger partial charge in [-0.1, -0.05) is 133 Å². The maximum Gasteiger partial charge on any atom is 0.246 e. The number of carbonyl (C=O) groups excluding carboxylic acids is 17. The molecule has 0 saturated carbocycles. The Kier molecular flexibility index (Phi) is 41.5. The van der Waals surface area contributed by atoms with E-state index in [0.717, 1.165) is 0 Å². The highest BCUT2D eigenvalue weighted by Crippen LogP contribution is 2.24. The highest BCUT2D eigenvalue weighted by molar-refractivity contribution is 6.42. The predicted molar refractivity (Wildman–Crippen MR) is 480 cm³/mol. The molecule has 2 bridgehead atoms. The van der Waals surface area contributed by atoms with Crippen LogP contribution in [0, 0.1) is 17.8 Å². The summed E-state index contributed by atoms with van der Waals surface area (Å²) in [6.45, 7) is 22.8. The van der Waals surface area contributed by atoms with Crippen LogP contribution in [0.4, 0.5) is 0 Å². The highest BCUT2D eigenvalue weighted by Gasteiger charge is 2.44. The number of hydrogen-bond acceptors (Lipinski definition) is 25. The van der Waals surface area contributed by atoms with Gasteiger partial charge in [0.1, 0.15) is 65.2 Å². The van der Waals surface area contributed by atoms with Crippen LogP contribution in [-0.2, 0) is 114 Å². The van der Waals surface area contributed by atoms with Gasteiger partial charge in [0, 0.05) is 62.4 Å². The molecule has 3 heterocycles. The molecule has 5 aromatic rings. The highest BCUT2D eigenvalue weighted by atomic mass is 16.3. The van der Waals surface area contributed by atoms with E-state index < -0.39 is 214 Å². The summed E-state index contributed by atoms with van der Waals surface area (Å²) in [7, 11) is 0. The third-order valence-corrected chi connectivity index (χ3v) is 22.7. The number of ketones is 4. The normalized spacial score (nSPS) is 22.2. The van der Waals surface area contributed by atoms with Gasteiger partial charge in [-0.2, -0.15) is 0 Å². The Hall–Kier alpha value is -12.3. The van der Waals surface area contributed by atoms with E-state index in [4.69, 9.17) is 11.5 Å². The van der Waals surface area contributed by atoms with Gasteiger partial charge in [0.15, 0.2) is 0 Å². The van der Waals surface area contributed by atoms with Crippen LogP contribution in [0.25, 0.3) is 10.9 Å². The first-order valence-corrected chi connectivity index (χ1v) is 44.3.